The molecule has 1 fully saturated rings. The molecule has 5 heteroatoms. The summed E-state index contributed by atoms with van der Waals surface area (Å²) in [6, 6.07) is 0. The van der Waals surface area contributed by atoms with Crippen molar-refractivity contribution in [2.24, 2.45) is 5.92 Å². The van der Waals surface area contributed by atoms with Crippen LogP contribution in [-0.4, -0.2) is 29.9 Å². The Labute approximate surface area is 134 Å². The largest absolute Gasteiger partial charge is 0.490 e. The summed E-state index contributed by atoms with van der Waals surface area (Å²) < 4.78 is 17.5. The van der Waals surface area contributed by atoms with E-state index in [1.165, 1.54) is 0 Å². The molecule has 1 heterocycles. The van der Waals surface area contributed by atoms with Crippen LogP contribution in [0.5, 0.6) is 0 Å². The quantitative estimate of drug-likeness (QED) is 0.589. The average molecular weight is 308 g/mol. The summed E-state index contributed by atoms with van der Waals surface area (Å²) in [4.78, 5) is 11.9. The van der Waals surface area contributed by atoms with Crippen molar-refractivity contribution in [3.8, 4) is 0 Å². The molecule has 0 N–H and O–H groups in total. The molecule has 0 radical (unpaired) electrons. The van der Waals surface area contributed by atoms with Gasteiger partial charge >= 0.3 is 13.1 Å². The van der Waals surface area contributed by atoms with Crippen LogP contribution in [0.2, 0.25) is 0 Å². The van der Waals surface area contributed by atoms with E-state index in [1.807, 2.05) is 20.8 Å². The van der Waals surface area contributed by atoms with Gasteiger partial charge in [0, 0.05) is 0 Å². The number of rotatable bonds is 3. The maximum atomic E-state index is 11.9. The lowest BCUT2D eigenvalue weighted by molar-refractivity contribution is -0.155. The van der Waals surface area contributed by atoms with Gasteiger partial charge in [-0.1, -0.05) is 6.08 Å². The fourth-order valence-corrected chi connectivity index (χ4v) is 2.77. The standard InChI is InChI=1S/C17H29BO4/c1-15(2,3)20-14(19)11-12-8-9-13(10-12)18-21-16(4,5)17(6,7)22-18/h10,12H,8-9,11H2,1-7H3. The van der Waals surface area contributed by atoms with Gasteiger partial charge in [-0.25, -0.2) is 0 Å². The number of ether oxygens (including phenoxy) is 1. The zero-order chi connectivity index (χ0) is 16.8. The molecular formula is C17H29BO4. The molecule has 0 aromatic carbocycles. The van der Waals surface area contributed by atoms with Gasteiger partial charge in [0.1, 0.15) is 5.60 Å². The van der Waals surface area contributed by atoms with E-state index in [-0.39, 0.29) is 30.2 Å². The van der Waals surface area contributed by atoms with Crippen LogP contribution in [0.15, 0.2) is 11.5 Å². The second kappa shape index (κ2) is 5.68. The zero-order valence-electron chi connectivity index (χ0n) is 15.0. The normalized spacial score (nSPS) is 27.0. The van der Waals surface area contributed by atoms with Gasteiger partial charge in [-0.15, -0.1) is 0 Å². The van der Waals surface area contributed by atoms with E-state index in [0.29, 0.717) is 6.42 Å². The molecule has 4 nitrogen and oxygen atoms in total. The molecular weight excluding hydrogens is 279 g/mol. The van der Waals surface area contributed by atoms with Crippen molar-refractivity contribution < 1.29 is 18.8 Å². The molecule has 1 aliphatic heterocycles. The van der Waals surface area contributed by atoms with Crippen molar-refractivity contribution in [1.29, 1.82) is 0 Å². The van der Waals surface area contributed by atoms with Crippen molar-refractivity contribution in [2.75, 3.05) is 0 Å². The molecule has 124 valence electrons. The lowest BCUT2D eigenvalue weighted by Gasteiger charge is -2.32. The van der Waals surface area contributed by atoms with E-state index in [2.05, 4.69) is 33.8 Å². The van der Waals surface area contributed by atoms with E-state index < -0.39 is 5.60 Å². The fraction of sp³-hybridized carbons (Fsp3) is 0.824. The van der Waals surface area contributed by atoms with Crippen LogP contribution in [0.3, 0.4) is 0 Å². The van der Waals surface area contributed by atoms with Crippen LogP contribution in [0.25, 0.3) is 0 Å². The summed E-state index contributed by atoms with van der Waals surface area (Å²) >= 11 is 0. The van der Waals surface area contributed by atoms with Crippen molar-refractivity contribution >= 4 is 13.1 Å². The molecule has 0 spiro atoms. The average Bonchev–Trinajstić information content (AvgIpc) is 2.79. The van der Waals surface area contributed by atoms with Crippen LogP contribution in [0, 0.1) is 5.92 Å². The van der Waals surface area contributed by atoms with E-state index in [1.54, 1.807) is 0 Å². The van der Waals surface area contributed by atoms with Crippen LogP contribution in [-0.2, 0) is 18.8 Å². The summed E-state index contributed by atoms with van der Waals surface area (Å²) in [5.74, 6) is 0.0905. The minimum atomic E-state index is -0.423. The smallest absolute Gasteiger partial charge is 0.460 e. The van der Waals surface area contributed by atoms with Gasteiger partial charge in [0.15, 0.2) is 0 Å². The SMILES string of the molecule is CC(C)(C)OC(=O)CC1C=C(B2OC(C)(C)C(C)(C)O2)CC1. The topological polar surface area (TPSA) is 44.8 Å². The number of carbonyl (C=O) groups is 1. The summed E-state index contributed by atoms with van der Waals surface area (Å²) in [5.41, 5.74) is 0.101. The van der Waals surface area contributed by atoms with Gasteiger partial charge in [0.25, 0.3) is 0 Å². The van der Waals surface area contributed by atoms with E-state index in [0.717, 1.165) is 18.3 Å². The van der Waals surface area contributed by atoms with Crippen molar-refractivity contribution in [3.63, 3.8) is 0 Å². The number of hydrogen-bond donors (Lipinski definition) is 0. The first kappa shape index (κ1) is 17.5. The van der Waals surface area contributed by atoms with Crippen LogP contribution < -0.4 is 0 Å². The molecule has 0 saturated carbocycles. The van der Waals surface area contributed by atoms with Gasteiger partial charge < -0.3 is 14.0 Å². The Morgan fingerprint density at radius 1 is 1.27 bits per heavy atom. The van der Waals surface area contributed by atoms with Gasteiger partial charge in [-0.2, -0.15) is 0 Å². The monoisotopic (exact) mass is 308 g/mol. The van der Waals surface area contributed by atoms with Gasteiger partial charge in [0.2, 0.25) is 0 Å². The molecule has 0 aromatic heterocycles. The van der Waals surface area contributed by atoms with E-state index in [9.17, 15) is 4.79 Å². The van der Waals surface area contributed by atoms with Crippen molar-refractivity contribution in [3.05, 3.63) is 11.5 Å². The first-order valence-electron chi connectivity index (χ1n) is 8.18. The Hall–Kier alpha value is -0.805. The lowest BCUT2D eigenvalue weighted by atomic mass is 9.78. The van der Waals surface area contributed by atoms with Gasteiger partial charge in [0.05, 0.1) is 17.6 Å². The number of allylic oxidation sites excluding steroid dienone is 2. The van der Waals surface area contributed by atoms with Crippen LogP contribution in [0.4, 0.5) is 0 Å². The van der Waals surface area contributed by atoms with Gasteiger partial charge in [-0.3, -0.25) is 4.79 Å². The number of hydrogen-bond acceptors (Lipinski definition) is 4. The molecule has 1 aliphatic carbocycles. The predicted molar refractivity (Wildman–Crippen MR) is 87.4 cm³/mol. The Morgan fingerprint density at radius 2 is 1.82 bits per heavy atom. The highest BCUT2D eigenvalue weighted by molar-refractivity contribution is 6.54. The summed E-state index contributed by atoms with van der Waals surface area (Å²) in [6.07, 6.45) is 4.45. The Balaban J connectivity index is 1.95. The first-order valence-corrected chi connectivity index (χ1v) is 8.18. The molecule has 22 heavy (non-hydrogen) atoms. The molecule has 1 saturated heterocycles. The summed E-state index contributed by atoms with van der Waals surface area (Å²) in [7, 11) is -0.284. The lowest BCUT2D eigenvalue weighted by Crippen LogP contribution is -2.41. The summed E-state index contributed by atoms with van der Waals surface area (Å²) in [6.45, 7) is 13.9. The second-order valence-corrected chi connectivity index (χ2v) is 8.42. The Kier molecular flexibility index (Phi) is 4.53. The molecule has 0 amide bonds. The maximum absolute atomic E-state index is 11.9. The van der Waals surface area contributed by atoms with E-state index >= 15 is 0 Å². The third-order valence-electron chi connectivity index (χ3n) is 4.66. The first-order chi connectivity index (χ1) is 9.90. The molecule has 1 atom stereocenters. The minimum Gasteiger partial charge on any atom is -0.460 e. The molecule has 0 aromatic rings. The molecule has 2 rings (SSSR count). The van der Waals surface area contributed by atoms with Gasteiger partial charge in [-0.05, 0) is 72.7 Å². The highest BCUT2D eigenvalue weighted by Crippen LogP contribution is 2.41. The molecule has 0 bridgehead atoms. The third kappa shape index (κ3) is 3.93. The second-order valence-electron chi connectivity index (χ2n) is 8.42. The summed E-state index contributed by atoms with van der Waals surface area (Å²) in [5, 5.41) is 0. The predicted octanol–water partition coefficient (Wildman–Crippen LogP) is 3.69. The molecule has 1 unspecified atom stereocenters. The highest BCUT2D eigenvalue weighted by atomic mass is 16.7. The number of esters is 1. The van der Waals surface area contributed by atoms with Crippen LogP contribution in [0.1, 0.15) is 67.7 Å². The fourth-order valence-electron chi connectivity index (χ4n) is 2.77. The Bertz CT molecular complexity index is 458. The third-order valence-corrected chi connectivity index (χ3v) is 4.66. The minimum absolute atomic E-state index is 0.135. The highest BCUT2D eigenvalue weighted by Gasteiger charge is 2.52. The zero-order valence-corrected chi connectivity index (χ0v) is 15.0. The van der Waals surface area contributed by atoms with E-state index in [4.69, 9.17) is 14.0 Å². The van der Waals surface area contributed by atoms with Crippen molar-refractivity contribution in [2.45, 2.75) is 84.5 Å². The van der Waals surface area contributed by atoms with Crippen LogP contribution >= 0.6 is 0 Å². The maximum Gasteiger partial charge on any atom is 0.490 e. The molecule has 2 aliphatic rings. The Morgan fingerprint density at radius 3 is 2.32 bits per heavy atom. The van der Waals surface area contributed by atoms with Crippen molar-refractivity contribution in [1.82, 2.24) is 0 Å². The number of carbonyl (C=O) groups excluding carboxylic acids is 1.